The fourth-order valence-corrected chi connectivity index (χ4v) is 1.34. The molecule has 4 heteroatoms. The largest absolute Gasteiger partial charge is 0.315 e. The molecule has 1 fully saturated rings. The van der Waals surface area contributed by atoms with Crippen LogP contribution in [-0.4, -0.2) is 38.3 Å². The Kier molecular flexibility index (Phi) is 3.08. The zero-order valence-electron chi connectivity index (χ0n) is 6.65. The van der Waals surface area contributed by atoms with Crippen LogP contribution in [0, 0.1) is 0 Å². The Hall–Kier alpha value is -0.160. The molecule has 0 aromatic heterocycles. The smallest absolute Gasteiger partial charge is 0.0536 e. The molecule has 0 amide bonds. The van der Waals surface area contributed by atoms with Crippen molar-refractivity contribution < 1.29 is 0 Å². The van der Waals surface area contributed by atoms with Crippen molar-refractivity contribution in [2.24, 2.45) is 0 Å². The highest BCUT2D eigenvalue weighted by atomic mass is 15.7. The first kappa shape index (κ1) is 7.94. The van der Waals surface area contributed by atoms with Gasteiger partial charge in [0.2, 0.25) is 0 Å². The molecule has 10 heavy (non-hydrogen) atoms. The zero-order valence-corrected chi connectivity index (χ0v) is 6.65. The molecule has 1 aliphatic heterocycles. The van der Waals surface area contributed by atoms with E-state index < -0.39 is 0 Å². The summed E-state index contributed by atoms with van der Waals surface area (Å²) >= 11 is 0. The van der Waals surface area contributed by atoms with Crippen LogP contribution in [0.3, 0.4) is 0 Å². The van der Waals surface area contributed by atoms with Crippen LogP contribution in [0.5, 0.6) is 0 Å². The monoisotopic (exact) mass is 144 g/mol. The summed E-state index contributed by atoms with van der Waals surface area (Å²) in [6.07, 6.45) is 1.21. The van der Waals surface area contributed by atoms with Crippen LogP contribution >= 0.6 is 0 Å². The number of rotatable bonds is 3. The average molecular weight is 144 g/mol. The van der Waals surface area contributed by atoms with E-state index in [9.17, 15) is 0 Å². The minimum Gasteiger partial charge on any atom is -0.315 e. The first-order valence-electron chi connectivity index (χ1n) is 3.73. The normalized spacial score (nSPS) is 26.1. The van der Waals surface area contributed by atoms with Gasteiger partial charge in [-0.25, -0.2) is 10.9 Å². The molecule has 0 spiro atoms. The van der Waals surface area contributed by atoms with Crippen molar-refractivity contribution in [3.63, 3.8) is 0 Å². The minimum atomic E-state index is 0.593. The maximum absolute atomic E-state index is 3.30. The van der Waals surface area contributed by atoms with Crippen molar-refractivity contribution in [2.45, 2.75) is 12.5 Å². The van der Waals surface area contributed by atoms with Crippen molar-refractivity contribution in [1.82, 2.24) is 21.3 Å². The van der Waals surface area contributed by atoms with Gasteiger partial charge >= 0.3 is 0 Å². The second-order valence-electron chi connectivity index (χ2n) is 2.46. The summed E-state index contributed by atoms with van der Waals surface area (Å²) in [6.45, 7) is 2.20. The van der Waals surface area contributed by atoms with Crippen LogP contribution in [0.2, 0.25) is 0 Å². The lowest BCUT2D eigenvalue weighted by Crippen LogP contribution is -2.51. The Morgan fingerprint density at radius 2 is 2.10 bits per heavy atom. The second kappa shape index (κ2) is 3.88. The van der Waals surface area contributed by atoms with E-state index in [0.29, 0.717) is 6.04 Å². The number of hydrogen-bond acceptors (Lipinski definition) is 4. The van der Waals surface area contributed by atoms with Crippen LogP contribution in [0.1, 0.15) is 6.42 Å². The van der Waals surface area contributed by atoms with Crippen molar-refractivity contribution in [3.8, 4) is 0 Å². The van der Waals surface area contributed by atoms with Gasteiger partial charge in [0.05, 0.1) is 6.04 Å². The fraction of sp³-hybridized carbons (Fsp3) is 1.00. The minimum absolute atomic E-state index is 0.593. The molecular weight excluding hydrogens is 128 g/mol. The van der Waals surface area contributed by atoms with E-state index in [2.05, 4.69) is 16.2 Å². The molecule has 0 aliphatic carbocycles. The zero-order chi connectivity index (χ0) is 7.40. The van der Waals surface area contributed by atoms with Crippen molar-refractivity contribution in [2.75, 3.05) is 27.2 Å². The first-order valence-corrected chi connectivity index (χ1v) is 3.73. The predicted molar refractivity (Wildman–Crippen MR) is 41.2 cm³/mol. The van der Waals surface area contributed by atoms with Crippen LogP contribution < -0.4 is 16.2 Å². The molecule has 3 N–H and O–H groups in total. The predicted octanol–water partition coefficient (Wildman–Crippen LogP) is -1.08. The molecule has 0 unspecified atom stereocenters. The number of hydrogen-bond donors (Lipinski definition) is 3. The molecule has 0 aromatic rings. The molecule has 1 heterocycles. The molecule has 0 bridgehead atoms. The Morgan fingerprint density at radius 1 is 1.40 bits per heavy atom. The van der Waals surface area contributed by atoms with Gasteiger partial charge in [0, 0.05) is 20.6 Å². The van der Waals surface area contributed by atoms with Gasteiger partial charge in [0.1, 0.15) is 0 Å². The maximum atomic E-state index is 3.30. The third-order valence-corrected chi connectivity index (χ3v) is 1.88. The molecule has 1 atom stereocenters. The molecule has 0 saturated carbocycles. The Bertz CT molecular complexity index is 85.7. The van der Waals surface area contributed by atoms with Gasteiger partial charge < -0.3 is 5.32 Å². The van der Waals surface area contributed by atoms with Crippen molar-refractivity contribution >= 4 is 0 Å². The highest BCUT2D eigenvalue weighted by molar-refractivity contribution is 4.75. The van der Waals surface area contributed by atoms with Gasteiger partial charge in [-0.05, 0) is 13.0 Å². The maximum Gasteiger partial charge on any atom is 0.0536 e. The lowest BCUT2D eigenvalue weighted by Gasteiger charge is -2.25. The molecule has 60 valence electrons. The van der Waals surface area contributed by atoms with E-state index in [1.165, 1.54) is 6.42 Å². The van der Waals surface area contributed by atoms with Crippen LogP contribution in [0.4, 0.5) is 0 Å². The molecule has 1 aliphatic rings. The van der Waals surface area contributed by atoms with E-state index in [0.717, 1.165) is 13.1 Å². The van der Waals surface area contributed by atoms with E-state index in [4.69, 9.17) is 0 Å². The summed E-state index contributed by atoms with van der Waals surface area (Å²) in [5.74, 6) is 0. The number of nitrogens with one attached hydrogen (secondary N) is 3. The fourth-order valence-electron chi connectivity index (χ4n) is 1.34. The number of nitrogens with zero attached hydrogens (tertiary/aromatic N) is 1. The Labute approximate surface area is 61.9 Å². The highest BCUT2D eigenvalue weighted by Gasteiger charge is 2.19. The van der Waals surface area contributed by atoms with Crippen LogP contribution in [0.15, 0.2) is 0 Å². The van der Waals surface area contributed by atoms with Gasteiger partial charge in [0.15, 0.2) is 0 Å². The van der Waals surface area contributed by atoms with Gasteiger partial charge in [0.25, 0.3) is 0 Å². The van der Waals surface area contributed by atoms with E-state index in [-0.39, 0.29) is 0 Å². The van der Waals surface area contributed by atoms with Crippen molar-refractivity contribution in [1.29, 1.82) is 0 Å². The summed E-state index contributed by atoms with van der Waals surface area (Å²) in [5.41, 5.74) is 6.15. The molecule has 0 radical (unpaired) electrons. The van der Waals surface area contributed by atoms with Gasteiger partial charge in [-0.1, -0.05) is 0 Å². The highest BCUT2D eigenvalue weighted by Crippen LogP contribution is 2.01. The molecule has 0 aromatic carbocycles. The molecule has 1 saturated heterocycles. The van der Waals surface area contributed by atoms with E-state index in [1.54, 1.807) is 0 Å². The summed E-state index contributed by atoms with van der Waals surface area (Å²) < 4.78 is 0. The topological polar surface area (TPSA) is 39.3 Å². The quantitative estimate of drug-likeness (QED) is 0.441. The van der Waals surface area contributed by atoms with E-state index in [1.807, 2.05) is 19.2 Å². The Balaban J connectivity index is 2.29. The molecular formula is C6H16N4. The lowest BCUT2D eigenvalue weighted by atomic mass is 10.3. The SMILES string of the molecule is CNN(NC)[C@H]1CCNC1. The van der Waals surface area contributed by atoms with Crippen molar-refractivity contribution in [3.05, 3.63) is 0 Å². The third kappa shape index (κ3) is 1.67. The summed E-state index contributed by atoms with van der Waals surface area (Å²) in [7, 11) is 3.85. The summed E-state index contributed by atoms with van der Waals surface area (Å²) in [6, 6.07) is 0.593. The first-order chi connectivity index (χ1) is 4.88. The van der Waals surface area contributed by atoms with Crippen LogP contribution in [-0.2, 0) is 0 Å². The van der Waals surface area contributed by atoms with E-state index >= 15 is 0 Å². The summed E-state index contributed by atoms with van der Waals surface area (Å²) in [5, 5.41) is 5.33. The standard InChI is InChI=1S/C6H16N4/c1-7-10(8-2)6-3-4-9-5-6/h6-9H,3-5H2,1-2H3/t6-/m0/s1. The molecule has 1 rings (SSSR count). The third-order valence-electron chi connectivity index (χ3n) is 1.88. The average Bonchev–Trinajstić information content (AvgIpc) is 2.43. The molecule has 4 nitrogen and oxygen atoms in total. The van der Waals surface area contributed by atoms with Crippen LogP contribution in [0.25, 0.3) is 0 Å². The van der Waals surface area contributed by atoms with Gasteiger partial charge in [-0.15, -0.1) is 0 Å². The van der Waals surface area contributed by atoms with Gasteiger partial charge in [-0.3, -0.25) is 0 Å². The number of hydrazine groups is 2. The summed E-state index contributed by atoms with van der Waals surface area (Å²) in [4.78, 5) is 0. The Morgan fingerprint density at radius 3 is 2.50 bits per heavy atom. The van der Waals surface area contributed by atoms with Gasteiger partial charge in [-0.2, -0.15) is 5.12 Å². The second-order valence-corrected chi connectivity index (χ2v) is 2.46. The lowest BCUT2D eigenvalue weighted by molar-refractivity contribution is 0.0932.